The van der Waals surface area contributed by atoms with E-state index in [-0.39, 0.29) is 6.04 Å². The molecule has 5 heteroatoms. The van der Waals surface area contributed by atoms with Crippen molar-refractivity contribution in [3.8, 4) is 0 Å². The van der Waals surface area contributed by atoms with Crippen molar-refractivity contribution in [2.24, 2.45) is 5.84 Å². The number of nitrogens with one attached hydrogen (secondary N) is 1. The lowest BCUT2D eigenvalue weighted by Gasteiger charge is -2.19. The molecule has 0 aliphatic rings. The number of hydrazine groups is 1. The molecule has 1 heterocycles. The molecule has 21 heavy (non-hydrogen) atoms. The summed E-state index contributed by atoms with van der Waals surface area (Å²) in [6, 6.07) is 15.0. The molecular formula is C16H13Cl2N3. The topological polar surface area (TPSA) is 50.9 Å². The van der Waals surface area contributed by atoms with Gasteiger partial charge in [0.05, 0.1) is 11.7 Å². The van der Waals surface area contributed by atoms with E-state index in [4.69, 9.17) is 29.0 Å². The van der Waals surface area contributed by atoms with Gasteiger partial charge in [0.1, 0.15) is 0 Å². The molecule has 1 atom stereocenters. The quantitative estimate of drug-likeness (QED) is 0.565. The summed E-state index contributed by atoms with van der Waals surface area (Å²) in [6.07, 6.45) is 1.76. The molecule has 106 valence electrons. The summed E-state index contributed by atoms with van der Waals surface area (Å²) in [5.74, 6) is 5.76. The van der Waals surface area contributed by atoms with Crippen LogP contribution >= 0.6 is 23.2 Å². The van der Waals surface area contributed by atoms with Crippen LogP contribution in [0.15, 0.2) is 54.7 Å². The fourth-order valence-electron chi connectivity index (χ4n) is 2.42. The highest BCUT2D eigenvalue weighted by molar-refractivity contribution is 6.33. The first-order chi connectivity index (χ1) is 10.2. The van der Waals surface area contributed by atoms with E-state index < -0.39 is 0 Å². The molecule has 3 aromatic rings. The first-order valence-corrected chi connectivity index (χ1v) is 7.21. The lowest BCUT2D eigenvalue weighted by atomic mass is 9.99. The van der Waals surface area contributed by atoms with Crippen molar-refractivity contribution in [2.75, 3.05) is 0 Å². The van der Waals surface area contributed by atoms with Crippen molar-refractivity contribution in [3.63, 3.8) is 0 Å². The molecule has 0 amide bonds. The van der Waals surface area contributed by atoms with E-state index in [2.05, 4.69) is 10.4 Å². The van der Waals surface area contributed by atoms with Crippen LogP contribution in [-0.2, 0) is 0 Å². The molecule has 1 aromatic heterocycles. The number of rotatable bonds is 3. The Morgan fingerprint density at radius 1 is 1.05 bits per heavy atom. The minimum absolute atomic E-state index is 0.331. The highest BCUT2D eigenvalue weighted by Gasteiger charge is 2.19. The number of fused-ring (bicyclic) bond motifs is 1. The molecular weight excluding hydrogens is 305 g/mol. The zero-order valence-corrected chi connectivity index (χ0v) is 12.6. The fraction of sp³-hybridized carbons (Fsp3) is 0.0625. The van der Waals surface area contributed by atoms with Crippen LogP contribution in [0.1, 0.15) is 17.3 Å². The van der Waals surface area contributed by atoms with Crippen LogP contribution in [0.5, 0.6) is 0 Å². The average Bonchev–Trinajstić information content (AvgIpc) is 2.51. The monoisotopic (exact) mass is 317 g/mol. The predicted molar refractivity (Wildman–Crippen MR) is 87.4 cm³/mol. The van der Waals surface area contributed by atoms with Gasteiger partial charge in [0, 0.05) is 21.6 Å². The Hall–Kier alpha value is -1.65. The van der Waals surface area contributed by atoms with E-state index >= 15 is 0 Å². The highest BCUT2D eigenvalue weighted by atomic mass is 35.5. The molecule has 3 nitrogen and oxygen atoms in total. The number of hydrogen-bond donors (Lipinski definition) is 2. The molecule has 0 aliphatic carbocycles. The maximum Gasteiger partial charge on any atom is 0.0902 e. The number of nitrogens with two attached hydrogens (primary N) is 1. The van der Waals surface area contributed by atoms with Gasteiger partial charge in [0.15, 0.2) is 0 Å². The number of pyridine rings is 1. The second kappa shape index (κ2) is 6.00. The Morgan fingerprint density at radius 2 is 1.86 bits per heavy atom. The van der Waals surface area contributed by atoms with Crippen LogP contribution in [0.4, 0.5) is 0 Å². The highest BCUT2D eigenvalue weighted by Crippen LogP contribution is 2.32. The van der Waals surface area contributed by atoms with Crippen LogP contribution in [0.2, 0.25) is 10.0 Å². The van der Waals surface area contributed by atoms with E-state index in [9.17, 15) is 0 Å². The van der Waals surface area contributed by atoms with E-state index in [1.165, 1.54) is 0 Å². The third-order valence-corrected chi connectivity index (χ3v) is 3.99. The van der Waals surface area contributed by atoms with E-state index in [1.54, 1.807) is 24.4 Å². The largest absolute Gasteiger partial charge is 0.271 e. The van der Waals surface area contributed by atoms with Gasteiger partial charge in [-0.25, -0.2) is 5.43 Å². The molecule has 0 saturated carbocycles. The Morgan fingerprint density at radius 3 is 2.67 bits per heavy atom. The molecule has 0 fully saturated rings. The van der Waals surface area contributed by atoms with Crippen LogP contribution in [0.3, 0.4) is 0 Å². The third-order valence-electron chi connectivity index (χ3n) is 3.41. The summed E-state index contributed by atoms with van der Waals surface area (Å²) in [6.45, 7) is 0. The summed E-state index contributed by atoms with van der Waals surface area (Å²) in [7, 11) is 0. The number of benzene rings is 2. The van der Waals surface area contributed by atoms with Crippen molar-refractivity contribution < 1.29 is 0 Å². The van der Waals surface area contributed by atoms with Crippen LogP contribution in [-0.4, -0.2) is 4.98 Å². The average molecular weight is 318 g/mol. The van der Waals surface area contributed by atoms with Gasteiger partial charge in [0.2, 0.25) is 0 Å². The van der Waals surface area contributed by atoms with Crippen LogP contribution < -0.4 is 11.3 Å². The molecule has 1 unspecified atom stereocenters. The molecule has 0 saturated heterocycles. The second-order valence-corrected chi connectivity index (χ2v) is 5.53. The summed E-state index contributed by atoms with van der Waals surface area (Å²) < 4.78 is 0. The summed E-state index contributed by atoms with van der Waals surface area (Å²) in [4.78, 5) is 4.48. The summed E-state index contributed by atoms with van der Waals surface area (Å²) >= 11 is 12.4. The molecule has 3 rings (SSSR count). The van der Waals surface area contributed by atoms with Crippen molar-refractivity contribution in [1.29, 1.82) is 0 Å². The zero-order chi connectivity index (χ0) is 14.8. The van der Waals surface area contributed by atoms with E-state index in [0.717, 1.165) is 22.0 Å². The van der Waals surface area contributed by atoms with E-state index in [1.807, 2.05) is 30.3 Å². The Labute approximate surface area is 132 Å². The maximum atomic E-state index is 6.29. The van der Waals surface area contributed by atoms with Gasteiger partial charge in [-0.1, -0.05) is 47.5 Å². The maximum absolute atomic E-state index is 6.29. The standard InChI is InChI=1S/C16H13Cl2N3/c17-11-5-6-14(18)13(9-11)16(21-19)15-12-4-2-1-3-10(12)7-8-20-15/h1-9,16,21H,19H2. The van der Waals surface area contributed by atoms with Crippen molar-refractivity contribution in [3.05, 3.63) is 76.0 Å². The molecule has 0 bridgehead atoms. The van der Waals surface area contributed by atoms with Crippen LogP contribution in [0, 0.1) is 0 Å². The summed E-state index contributed by atoms with van der Waals surface area (Å²) in [5.41, 5.74) is 4.41. The lowest BCUT2D eigenvalue weighted by Crippen LogP contribution is -2.30. The number of nitrogens with zero attached hydrogens (tertiary/aromatic N) is 1. The smallest absolute Gasteiger partial charge is 0.0902 e. The van der Waals surface area contributed by atoms with Crippen LogP contribution in [0.25, 0.3) is 10.8 Å². The lowest BCUT2D eigenvalue weighted by molar-refractivity contribution is 0.626. The minimum atomic E-state index is -0.331. The Kier molecular flexibility index (Phi) is 4.08. The van der Waals surface area contributed by atoms with E-state index in [0.29, 0.717) is 10.0 Å². The van der Waals surface area contributed by atoms with Gasteiger partial charge in [-0.2, -0.15) is 0 Å². The number of aromatic nitrogens is 1. The minimum Gasteiger partial charge on any atom is -0.271 e. The third kappa shape index (κ3) is 2.74. The normalized spacial score (nSPS) is 12.5. The molecule has 0 spiro atoms. The van der Waals surface area contributed by atoms with Crippen molar-refractivity contribution >= 4 is 34.0 Å². The van der Waals surface area contributed by atoms with Gasteiger partial charge >= 0.3 is 0 Å². The molecule has 2 aromatic carbocycles. The molecule has 3 N–H and O–H groups in total. The van der Waals surface area contributed by atoms with Crippen molar-refractivity contribution in [2.45, 2.75) is 6.04 Å². The van der Waals surface area contributed by atoms with Gasteiger partial charge < -0.3 is 0 Å². The fourth-order valence-corrected chi connectivity index (χ4v) is 2.83. The molecule has 0 aliphatic heterocycles. The van der Waals surface area contributed by atoms with Gasteiger partial charge in [-0.3, -0.25) is 10.8 Å². The predicted octanol–water partition coefficient (Wildman–Crippen LogP) is 4.09. The van der Waals surface area contributed by atoms with Crippen molar-refractivity contribution in [1.82, 2.24) is 10.4 Å². The Bertz CT molecular complexity index is 784. The molecule has 0 radical (unpaired) electrons. The van der Waals surface area contributed by atoms with Gasteiger partial charge in [-0.15, -0.1) is 0 Å². The zero-order valence-electron chi connectivity index (χ0n) is 11.1. The first kappa shape index (κ1) is 14.3. The number of halogens is 2. The number of hydrogen-bond acceptors (Lipinski definition) is 3. The SMILES string of the molecule is NNC(c1cc(Cl)ccc1Cl)c1nccc2ccccc12. The summed E-state index contributed by atoms with van der Waals surface area (Å²) in [5, 5.41) is 3.33. The van der Waals surface area contributed by atoms with Gasteiger partial charge in [-0.05, 0) is 35.2 Å². The first-order valence-electron chi connectivity index (χ1n) is 6.45. The second-order valence-electron chi connectivity index (χ2n) is 4.68. The van der Waals surface area contributed by atoms with Gasteiger partial charge in [0.25, 0.3) is 0 Å². The Balaban J connectivity index is 2.21.